The molecule has 0 aliphatic carbocycles. The van der Waals surface area contributed by atoms with E-state index in [0.29, 0.717) is 13.1 Å². The number of amides is 1. The number of hydrogen-bond acceptors (Lipinski definition) is 3. The second kappa shape index (κ2) is 4.44. The summed E-state index contributed by atoms with van der Waals surface area (Å²) in [6.07, 6.45) is 3.62. The number of aromatic nitrogens is 2. The number of carbonyl (C=O) groups excluding carboxylic acids is 1. The summed E-state index contributed by atoms with van der Waals surface area (Å²) < 4.78 is 1.98. The summed E-state index contributed by atoms with van der Waals surface area (Å²) in [6, 6.07) is 0. The molecule has 3 N–H and O–H groups in total. The Morgan fingerprint density at radius 1 is 1.67 bits per heavy atom. The van der Waals surface area contributed by atoms with Gasteiger partial charge in [-0.25, -0.2) is 4.98 Å². The number of hydrogen-bond donors (Lipinski definition) is 2. The van der Waals surface area contributed by atoms with Crippen LogP contribution in [0.3, 0.4) is 0 Å². The molecule has 0 unspecified atom stereocenters. The highest BCUT2D eigenvalue weighted by atomic mass is 16.2. The maximum absolute atomic E-state index is 11.4. The molecule has 0 atom stereocenters. The molecule has 1 amide bonds. The first-order valence-corrected chi connectivity index (χ1v) is 4.96. The van der Waals surface area contributed by atoms with Crippen molar-refractivity contribution in [3.05, 3.63) is 18.2 Å². The largest absolute Gasteiger partial charge is 0.353 e. The van der Waals surface area contributed by atoms with Crippen molar-refractivity contribution in [1.29, 1.82) is 0 Å². The van der Waals surface area contributed by atoms with E-state index in [2.05, 4.69) is 10.3 Å². The summed E-state index contributed by atoms with van der Waals surface area (Å²) in [5, 5.41) is 2.78. The van der Waals surface area contributed by atoms with Crippen LogP contribution in [0.1, 0.15) is 19.7 Å². The zero-order chi connectivity index (χ0) is 11.5. The summed E-state index contributed by atoms with van der Waals surface area (Å²) in [4.78, 5) is 15.5. The van der Waals surface area contributed by atoms with Gasteiger partial charge in [0.25, 0.3) is 0 Å². The molecule has 0 saturated carbocycles. The molecule has 0 fully saturated rings. The zero-order valence-electron chi connectivity index (χ0n) is 9.45. The van der Waals surface area contributed by atoms with E-state index in [4.69, 9.17) is 5.73 Å². The first-order chi connectivity index (χ1) is 6.91. The number of carbonyl (C=O) groups is 1. The van der Waals surface area contributed by atoms with Crippen molar-refractivity contribution in [2.75, 3.05) is 6.54 Å². The lowest BCUT2D eigenvalue weighted by Crippen LogP contribution is -2.49. The number of rotatable bonds is 4. The molecule has 0 saturated heterocycles. The van der Waals surface area contributed by atoms with E-state index in [1.165, 1.54) is 0 Å². The predicted molar refractivity (Wildman–Crippen MR) is 58.2 cm³/mol. The van der Waals surface area contributed by atoms with Crippen LogP contribution in [0.4, 0.5) is 0 Å². The highest BCUT2D eigenvalue weighted by molar-refractivity contribution is 5.84. The summed E-state index contributed by atoms with van der Waals surface area (Å²) in [5.74, 6) is 0.802. The van der Waals surface area contributed by atoms with Gasteiger partial charge in [0.05, 0.1) is 5.54 Å². The molecule has 1 aromatic heterocycles. The molecule has 0 aliphatic heterocycles. The topological polar surface area (TPSA) is 72.9 Å². The van der Waals surface area contributed by atoms with Crippen molar-refractivity contribution in [2.24, 2.45) is 5.73 Å². The maximum atomic E-state index is 11.4. The Kier molecular flexibility index (Phi) is 3.47. The highest BCUT2D eigenvalue weighted by Gasteiger charge is 2.20. The number of nitrogens with one attached hydrogen (secondary N) is 1. The van der Waals surface area contributed by atoms with Gasteiger partial charge in [-0.2, -0.15) is 0 Å². The average molecular weight is 210 g/mol. The van der Waals surface area contributed by atoms with E-state index in [1.54, 1.807) is 20.0 Å². The molecule has 5 heteroatoms. The van der Waals surface area contributed by atoms with Gasteiger partial charge in [0.15, 0.2) is 0 Å². The van der Waals surface area contributed by atoms with Crippen LogP contribution in [0.25, 0.3) is 0 Å². The number of imidazole rings is 1. The van der Waals surface area contributed by atoms with Crippen LogP contribution in [0.5, 0.6) is 0 Å². The average Bonchev–Trinajstić information content (AvgIpc) is 2.50. The Morgan fingerprint density at radius 2 is 2.33 bits per heavy atom. The third-order valence-corrected chi connectivity index (χ3v) is 2.15. The molecule has 5 nitrogen and oxygen atoms in total. The Labute approximate surface area is 89.7 Å². The van der Waals surface area contributed by atoms with Crippen molar-refractivity contribution in [1.82, 2.24) is 14.9 Å². The molecular weight excluding hydrogens is 192 g/mol. The third kappa shape index (κ3) is 3.36. The van der Waals surface area contributed by atoms with Gasteiger partial charge >= 0.3 is 0 Å². The SMILES string of the molecule is Cc1nccn1CCNC(=O)C(C)(C)N. The van der Waals surface area contributed by atoms with Crippen LogP contribution in [0.2, 0.25) is 0 Å². The molecule has 1 heterocycles. The fourth-order valence-electron chi connectivity index (χ4n) is 1.16. The van der Waals surface area contributed by atoms with Crippen molar-refractivity contribution < 1.29 is 4.79 Å². The van der Waals surface area contributed by atoms with Crippen molar-refractivity contribution in [2.45, 2.75) is 32.9 Å². The Hall–Kier alpha value is -1.36. The minimum atomic E-state index is -0.815. The molecule has 1 aromatic rings. The van der Waals surface area contributed by atoms with E-state index in [9.17, 15) is 4.79 Å². The molecule has 0 aromatic carbocycles. The Morgan fingerprint density at radius 3 is 2.80 bits per heavy atom. The van der Waals surface area contributed by atoms with Gasteiger partial charge in [-0.1, -0.05) is 0 Å². The van der Waals surface area contributed by atoms with Gasteiger partial charge in [0.2, 0.25) is 5.91 Å². The Balaban J connectivity index is 2.35. The van der Waals surface area contributed by atoms with Crippen LogP contribution >= 0.6 is 0 Å². The van der Waals surface area contributed by atoms with Crippen molar-refractivity contribution in [3.63, 3.8) is 0 Å². The number of nitrogens with zero attached hydrogens (tertiary/aromatic N) is 2. The quantitative estimate of drug-likeness (QED) is 0.737. The van der Waals surface area contributed by atoms with Crippen LogP contribution < -0.4 is 11.1 Å². The molecule has 0 bridgehead atoms. The molecule has 0 spiro atoms. The number of nitrogens with two attached hydrogens (primary N) is 1. The second-order valence-electron chi connectivity index (χ2n) is 4.15. The Bertz CT molecular complexity index is 337. The zero-order valence-corrected chi connectivity index (χ0v) is 9.45. The van der Waals surface area contributed by atoms with Crippen LogP contribution in [0.15, 0.2) is 12.4 Å². The van der Waals surface area contributed by atoms with Crippen molar-refractivity contribution >= 4 is 5.91 Å². The first-order valence-electron chi connectivity index (χ1n) is 4.96. The van der Waals surface area contributed by atoms with E-state index < -0.39 is 5.54 Å². The van der Waals surface area contributed by atoms with E-state index in [0.717, 1.165) is 5.82 Å². The van der Waals surface area contributed by atoms with Gasteiger partial charge < -0.3 is 15.6 Å². The minimum Gasteiger partial charge on any atom is -0.353 e. The molecule has 0 aliphatic rings. The minimum absolute atomic E-state index is 0.139. The van der Waals surface area contributed by atoms with Gasteiger partial charge in [-0.05, 0) is 20.8 Å². The van der Waals surface area contributed by atoms with Crippen molar-refractivity contribution in [3.8, 4) is 0 Å². The fraction of sp³-hybridized carbons (Fsp3) is 0.600. The lowest BCUT2D eigenvalue weighted by molar-refractivity contribution is -0.125. The lowest BCUT2D eigenvalue weighted by Gasteiger charge is -2.17. The van der Waals surface area contributed by atoms with Crippen LogP contribution in [0, 0.1) is 6.92 Å². The fourth-order valence-corrected chi connectivity index (χ4v) is 1.16. The van der Waals surface area contributed by atoms with E-state index in [1.807, 2.05) is 17.7 Å². The van der Waals surface area contributed by atoms with E-state index >= 15 is 0 Å². The summed E-state index contributed by atoms with van der Waals surface area (Å²) >= 11 is 0. The monoisotopic (exact) mass is 210 g/mol. The molecule has 0 radical (unpaired) electrons. The van der Waals surface area contributed by atoms with Gasteiger partial charge in [-0.3, -0.25) is 4.79 Å². The smallest absolute Gasteiger partial charge is 0.239 e. The molecule has 1 rings (SSSR count). The van der Waals surface area contributed by atoms with E-state index in [-0.39, 0.29) is 5.91 Å². The van der Waals surface area contributed by atoms with Crippen LogP contribution in [-0.4, -0.2) is 27.5 Å². The van der Waals surface area contributed by atoms with Gasteiger partial charge in [0, 0.05) is 25.5 Å². The first kappa shape index (κ1) is 11.7. The molecular formula is C10H18N4O. The summed E-state index contributed by atoms with van der Waals surface area (Å²) in [6.45, 7) is 6.58. The van der Waals surface area contributed by atoms with Crippen LogP contribution in [-0.2, 0) is 11.3 Å². The summed E-state index contributed by atoms with van der Waals surface area (Å²) in [5.41, 5.74) is 4.82. The summed E-state index contributed by atoms with van der Waals surface area (Å²) in [7, 11) is 0. The maximum Gasteiger partial charge on any atom is 0.239 e. The lowest BCUT2D eigenvalue weighted by atomic mass is 10.1. The molecule has 84 valence electrons. The predicted octanol–water partition coefficient (Wildman–Crippen LogP) is 0.0450. The third-order valence-electron chi connectivity index (χ3n) is 2.15. The standard InChI is InChI=1S/C10H18N4O/c1-8-12-4-6-14(8)7-5-13-9(15)10(2,3)11/h4,6H,5,7,11H2,1-3H3,(H,13,15). The van der Waals surface area contributed by atoms with Gasteiger partial charge in [0.1, 0.15) is 5.82 Å². The van der Waals surface area contributed by atoms with Gasteiger partial charge in [-0.15, -0.1) is 0 Å². The number of aryl methyl sites for hydroxylation is 1. The molecule has 15 heavy (non-hydrogen) atoms. The normalized spacial score (nSPS) is 11.5. The second-order valence-corrected chi connectivity index (χ2v) is 4.15. The highest BCUT2D eigenvalue weighted by Crippen LogP contribution is 1.96.